The number of unbranched alkanes of at least 4 members (excludes halogenated alkanes) is 1. The average molecular weight is 429 g/mol. The smallest absolute Gasteiger partial charge is 0.250 e. The lowest BCUT2D eigenvalue weighted by Gasteiger charge is -2.43. The summed E-state index contributed by atoms with van der Waals surface area (Å²) < 4.78 is 0. The molecule has 1 aromatic rings. The SMILES string of the molecule is CCCCNC(=O)CN1CN(c2ccccc2)C2(CCN(C(=O)CC(C)C)CC2)C1=O. The van der Waals surface area contributed by atoms with Crippen LogP contribution in [-0.2, 0) is 14.4 Å². The van der Waals surface area contributed by atoms with Gasteiger partial charge in [-0.1, -0.05) is 45.4 Å². The minimum absolute atomic E-state index is 0.00190. The highest BCUT2D eigenvalue weighted by molar-refractivity contribution is 5.96. The first-order valence-corrected chi connectivity index (χ1v) is 11.5. The molecule has 1 N–H and O–H groups in total. The van der Waals surface area contributed by atoms with Gasteiger partial charge in [-0.05, 0) is 37.3 Å². The standard InChI is InChI=1S/C24H36N4O3/c1-4-5-13-25-21(29)17-27-18-28(20-9-7-6-8-10-20)24(23(27)31)11-14-26(15-12-24)22(30)16-19(2)3/h6-10,19H,4-5,11-18H2,1-3H3,(H,25,29). The number of likely N-dealkylation sites (tertiary alicyclic amines) is 1. The Labute approximate surface area is 185 Å². The van der Waals surface area contributed by atoms with Crippen LogP contribution in [0, 0.1) is 5.92 Å². The Morgan fingerprint density at radius 3 is 2.42 bits per heavy atom. The third-order valence-electron chi connectivity index (χ3n) is 6.30. The van der Waals surface area contributed by atoms with Crippen molar-refractivity contribution in [3.05, 3.63) is 30.3 Å². The van der Waals surface area contributed by atoms with E-state index in [1.54, 1.807) is 4.90 Å². The molecule has 1 aromatic carbocycles. The molecular weight excluding hydrogens is 392 g/mol. The van der Waals surface area contributed by atoms with E-state index in [-0.39, 0.29) is 24.3 Å². The summed E-state index contributed by atoms with van der Waals surface area (Å²) in [5, 5.41) is 2.91. The summed E-state index contributed by atoms with van der Waals surface area (Å²) >= 11 is 0. The average Bonchev–Trinajstić information content (AvgIpc) is 3.00. The van der Waals surface area contributed by atoms with Gasteiger partial charge in [0.05, 0.1) is 6.67 Å². The third-order valence-corrected chi connectivity index (χ3v) is 6.30. The monoisotopic (exact) mass is 428 g/mol. The van der Waals surface area contributed by atoms with Gasteiger partial charge in [-0.25, -0.2) is 0 Å². The number of rotatable bonds is 8. The van der Waals surface area contributed by atoms with E-state index in [9.17, 15) is 14.4 Å². The number of anilines is 1. The molecular formula is C24H36N4O3. The Morgan fingerprint density at radius 2 is 1.81 bits per heavy atom. The molecule has 1 spiro atoms. The highest BCUT2D eigenvalue weighted by atomic mass is 16.2. The molecule has 0 atom stereocenters. The number of hydrogen-bond acceptors (Lipinski definition) is 4. The Balaban J connectivity index is 1.75. The van der Waals surface area contributed by atoms with Crippen molar-refractivity contribution in [2.24, 2.45) is 5.92 Å². The van der Waals surface area contributed by atoms with Crippen LogP contribution in [0.25, 0.3) is 0 Å². The molecule has 31 heavy (non-hydrogen) atoms. The summed E-state index contributed by atoms with van der Waals surface area (Å²) in [6.45, 7) is 8.41. The van der Waals surface area contributed by atoms with Crippen LogP contribution < -0.4 is 10.2 Å². The van der Waals surface area contributed by atoms with Crippen molar-refractivity contribution in [1.29, 1.82) is 0 Å². The zero-order chi connectivity index (χ0) is 22.4. The lowest BCUT2D eigenvalue weighted by molar-refractivity contribution is -0.140. The Bertz CT molecular complexity index is 772. The van der Waals surface area contributed by atoms with Crippen LogP contribution in [0.3, 0.4) is 0 Å². The van der Waals surface area contributed by atoms with Crippen molar-refractivity contribution in [2.45, 2.75) is 58.4 Å². The molecule has 7 heteroatoms. The van der Waals surface area contributed by atoms with Crippen molar-refractivity contribution in [3.63, 3.8) is 0 Å². The van der Waals surface area contributed by atoms with Crippen LogP contribution in [0.2, 0.25) is 0 Å². The first-order chi connectivity index (χ1) is 14.9. The van der Waals surface area contributed by atoms with E-state index < -0.39 is 5.54 Å². The van der Waals surface area contributed by atoms with Crippen molar-refractivity contribution in [2.75, 3.05) is 37.7 Å². The second-order valence-electron chi connectivity index (χ2n) is 9.12. The molecule has 0 radical (unpaired) electrons. The van der Waals surface area contributed by atoms with Gasteiger partial charge < -0.3 is 20.0 Å². The second kappa shape index (κ2) is 10.2. The number of carbonyl (C=O) groups is 3. The second-order valence-corrected chi connectivity index (χ2v) is 9.12. The number of hydrogen-bond donors (Lipinski definition) is 1. The van der Waals surface area contributed by atoms with E-state index in [0.717, 1.165) is 18.5 Å². The lowest BCUT2D eigenvalue weighted by Crippen LogP contribution is -2.57. The van der Waals surface area contributed by atoms with Gasteiger partial charge in [0.15, 0.2) is 0 Å². The van der Waals surface area contributed by atoms with E-state index in [1.165, 1.54) is 0 Å². The van der Waals surface area contributed by atoms with Gasteiger partial charge in [-0.2, -0.15) is 0 Å². The topological polar surface area (TPSA) is 73.0 Å². The Morgan fingerprint density at radius 1 is 1.13 bits per heavy atom. The van der Waals surface area contributed by atoms with E-state index in [1.807, 2.05) is 49.1 Å². The number of carbonyl (C=O) groups excluding carboxylic acids is 3. The van der Waals surface area contributed by atoms with Crippen molar-refractivity contribution < 1.29 is 14.4 Å². The molecule has 0 saturated carbocycles. The molecule has 170 valence electrons. The molecule has 3 rings (SSSR count). The predicted molar refractivity (Wildman–Crippen MR) is 121 cm³/mol. The summed E-state index contributed by atoms with van der Waals surface area (Å²) in [5.41, 5.74) is 0.284. The fourth-order valence-corrected chi connectivity index (χ4v) is 4.56. The molecule has 2 heterocycles. The van der Waals surface area contributed by atoms with Crippen LogP contribution in [0.5, 0.6) is 0 Å². The molecule has 0 aliphatic carbocycles. The number of piperidine rings is 1. The van der Waals surface area contributed by atoms with E-state index in [2.05, 4.69) is 17.1 Å². The molecule has 0 unspecified atom stereocenters. The molecule has 2 aliphatic rings. The van der Waals surface area contributed by atoms with Crippen molar-refractivity contribution in [3.8, 4) is 0 Å². The minimum atomic E-state index is -0.695. The molecule has 3 amide bonds. The van der Waals surface area contributed by atoms with Gasteiger partial charge in [0.2, 0.25) is 11.8 Å². The number of amides is 3. The van der Waals surface area contributed by atoms with E-state index in [0.29, 0.717) is 51.5 Å². The first-order valence-electron chi connectivity index (χ1n) is 11.5. The first kappa shape index (κ1) is 23.1. The van der Waals surface area contributed by atoms with E-state index >= 15 is 0 Å². The highest BCUT2D eigenvalue weighted by Crippen LogP contribution is 2.39. The van der Waals surface area contributed by atoms with Gasteiger partial charge in [0.1, 0.15) is 12.1 Å². The largest absolute Gasteiger partial charge is 0.355 e. The van der Waals surface area contributed by atoms with Crippen LogP contribution in [0.4, 0.5) is 5.69 Å². The maximum Gasteiger partial charge on any atom is 0.250 e. The summed E-state index contributed by atoms with van der Waals surface area (Å²) in [5.74, 6) is 0.363. The molecule has 0 aromatic heterocycles. The molecule has 2 aliphatic heterocycles. The summed E-state index contributed by atoms with van der Waals surface area (Å²) in [6.07, 6.45) is 3.64. The van der Waals surface area contributed by atoms with Crippen LogP contribution in [-0.4, -0.2) is 65.9 Å². The zero-order valence-electron chi connectivity index (χ0n) is 19.1. The van der Waals surface area contributed by atoms with Gasteiger partial charge in [0.25, 0.3) is 5.91 Å². The summed E-state index contributed by atoms with van der Waals surface area (Å²) in [4.78, 5) is 44.2. The molecule has 0 bridgehead atoms. The predicted octanol–water partition coefficient (Wildman–Crippen LogP) is 2.62. The number of nitrogens with one attached hydrogen (secondary N) is 1. The Hall–Kier alpha value is -2.57. The molecule has 2 fully saturated rings. The third kappa shape index (κ3) is 5.20. The van der Waals surface area contributed by atoms with Gasteiger partial charge in [-0.15, -0.1) is 0 Å². The Kier molecular flexibility index (Phi) is 7.57. The summed E-state index contributed by atoms with van der Waals surface area (Å²) in [7, 11) is 0. The zero-order valence-corrected chi connectivity index (χ0v) is 19.1. The maximum absolute atomic E-state index is 13.6. The minimum Gasteiger partial charge on any atom is -0.355 e. The number of para-hydroxylation sites is 1. The quantitative estimate of drug-likeness (QED) is 0.646. The number of nitrogens with zero attached hydrogens (tertiary/aromatic N) is 3. The normalized spacial score (nSPS) is 18.2. The van der Waals surface area contributed by atoms with Crippen LogP contribution >= 0.6 is 0 Å². The maximum atomic E-state index is 13.6. The lowest BCUT2D eigenvalue weighted by atomic mass is 9.85. The van der Waals surface area contributed by atoms with Crippen LogP contribution in [0.15, 0.2) is 30.3 Å². The van der Waals surface area contributed by atoms with Crippen molar-refractivity contribution >= 4 is 23.4 Å². The van der Waals surface area contributed by atoms with Crippen LogP contribution in [0.1, 0.15) is 52.9 Å². The molecule has 2 saturated heterocycles. The van der Waals surface area contributed by atoms with Crippen molar-refractivity contribution in [1.82, 2.24) is 15.1 Å². The van der Waals surface area contributed by atoms with Gasteiger partial charge in [0, 0.05) is 31.7 Å². The number of benzene rings is 1. The van der Waals surface area contributed by atoms with Gasteiger partial charge >= 0.3 is 0 Å². The molecule has 7 nitrogen and oxygen atoms in total. The summed E-state index contributed by atoms with van der Waals surface area (Å²) in [6, 6.07) is 9.91. The fraction of sp³-hybridized carbons (Fsp3) is 0.625. The highest BCUT2D eigenvalue weighted by Gasteiger charge is 2.54. The van der Waals surface area contributed by atoms with Gasteiger partial charge in [-0.3, -0.25) is 14.4 Å². The fourth-order valence-electron chi connectivity index (χ4n) is 4.56. The van der Waals surface area contributed by atoms with E-state index in [4.69, 9.17) is 0 Å².